The van der Waals surface area contributed by atoms with Gasteiger partial charge in [-0.05, 0) is 39.3 Å². The monoisotopic (exact) mass is 285 g/mol. The average Bonchev–Trinajstić information content (AvgIpc) is 2.44. The minimum absolute atomic E-state index is 0.0994. The van der Waals surface area contributed by atoms with Gasteiger partial charge in [-0.15, -0.1) is 0 Å². The Kier molecular flexibility index (Phi) is 6.60. The maximum atomic E-state index is 12.0. The summed E-state index contributed by atoms with van der Waals surface area (Å²) in [5, 5.41) is 0. The maximum absolute atomic E-state index is 12.0. The minimum Gasteiger partial charge on any atom is -0.295 e. The number of rotatable bonds is 6. The van der Waals surface area contributed by atoms with Gasteiger partial charge in [0, 0.05) is 23.5 Å². The third-order valence-corrected chi connectivity index (χ3v) is 3.13. The van der Waals surface area contributed by atoms with E-state index in [1.807, 2.05) is 26.0 Å². The Balaban J connectivity index is 2.95. The molecule has 3 nitrogen and oxygen atoms in total. The van der Waals surface area contributed by atoms with E-state index < -0.39 is 0 Å². The lowest BCUT2D eigenvalue weighted by Gasteiger charge is -2.05. The van der Waals surface area contributed by atoms with Gasteiger partial charge in [0.2, 0.25) is 0 Å². The Morgan fingerprint density at radius 1 is 1.24 bits per heavy atom. The van der Waals surface area contributed by atoms with Crippen LogP contribution in [0.3, 0.4) is 0 Å². The highest BCUT2D eigenvalue weighted by Gasteiger charge is 2.03. The Labute approximate surface area is 126 Å². The van der Waals surface area contributed by atoms with Crippen LogP contribution < -0.4 is 5.56 Å². The van der Waals surface area contributed by atoms with E-state index in [-0.39, 0.29) is 11.3 Å². The van der Waals surface area contributed by atoms with Crippen molar-refractivity contribution >= 4 is 11.5 Å². The van der Waals surface area contributed by atoms with E-state index in [0.29, 0.717) is 5.56 Å². The Morgan fingerprint density at radius 2 is 1.95 bits per heavy atom. The van der Waals surface area contributed by atoms with Crippen molar-refractivity contribution in [2.75, 3.05) is 0 Å². The third kappa shape index (κ3) is 5.38. The number of pyridine rings is 1. The predicted molar refractivity (Wildman–Crippen MR) is 88.5 cm³/mol. The first-order valence-electron chi connectivity index (χ1n) is 7.21. The number of carbonyl (C=O) groups is 1. The van der Waals surface area contributed by atoms with Crippen LogP contribution >= 0.6 is 0 Å². The van der Waals surface area contributed by atoms with Crippen molar-refractivity contribution in [3.8, 4) is 0 Å². The van der Waals surface area contributed by atoms with Crippen LogP contribution in [0.4, 0.5) is 0 Å². The summed E-state index contributed by atoms with van der Waals surface area (Å²) < 4.78 is 1.53. The molecule has 112 valence electrons. The highest BCUT2D eigenvalue weighted by molar-refractivity contribution is 5.93. The molecule has 0 saturated heterocycles. The zero-order chi connectivity index (χ0) is 15.8. The van der Waals surface area contributed by atoms with Crippen LogP contribution in [0.1, 0.15) is 50.9 Å². The molecule has 0 atom stereocenters. The summed E-state index contributed by atoms with van der Waals surface area (Å²) in [5.41, 5.74) is 2.21. The van der Waals surface area contributed by atoms with Crippen LogP contribution in [0.5, 0.6) is 0 Å². The molecular weight excluding hydrogens is 262 g/mol. The highest BCUT2D eigenvalue weighted by Crippen LogP contribution is 2.05. The van der Waals surface area contributed by atoms with Crippen LogP contribution in [0.25, 0.3) is 5.70 Å². The van der Waals surface area contributed by atoms with E-state index in [0.717, 1.165) is 24.1 Å². The van der Waals surface area contributed by atoms with Gasteiger partial charge < -0.3 is 0 Å². The van der Waals surface area contributed by atoms with Crippen LogP contribution in [-0.4, -0.2) is 10.4 Å². The molecule has 0 bridgehead atoms. The summed E-state index contributed by atoms with van der Waals surface area (Å²) in [7, 11) is 0. The number of Topliss-reactive ketones (excluding diaryl/α,β-unsaturated/α-hetero) is 1. The van der Waals surface area contributed by atoms with Crippen molar-refractivity contribution in [1.29, 1.82) is 0 Å². The molecule has 0 aromatic carbocycles. The smallest absolute Gasteiger partial charge is 0.255 e. The summed E-state index contributed by atoms with van der Waals surface area (Å²) in [6.45, 7) is 7.49. The number of unbranched alkanes of at least 4 members (excludes halogenated alkanes) is 1. The third-order valence-electron chi connectivity index (χ3n) is 3.13. The van der Waals surface area contributed by atoms with Gasteiger partial charge in [-0.2, -0.15) is 0 Å². The largest absolute Gasteiger partial charge is 0.295 e. The van der Waals surface area contributed by atoms with Crippen molar-refractivity contribution in [2.24, 2.45) is 0 Å². The second kappa shape index (κ2) is 8.20. The molecule has 0 fully saturated rings. The molecule has 1 rings (SSSR count). The van der Waals surface area contributed by atoms with Gasteiger partial charge in [-0.25, -0.2) is 0 Å². The molecule has 0 unspecified atom stereocenters. The topological polar surface area (TPSA) is 39.1 Å². The second-order valence-electron chi connectivity index (χ2n) is 5.09. The summed E-state index contributed by atoms with van der Waals surface area (Å²) in [5.74, 6) is -0.0994. The molecule has 0 aliphatic carbocycles. The van der Waals surface area contributed by atoms with Gasteiger partial charge in [0.05, 0.1) is 0 Å². The molecule has 0 N–H and O–H groups in total. The quantitative estimate of drug-likeness (QED) is 0.580. The van der Waals surface area contributed by atoms with E-state index in [4.69, 9.17) is 0 Å². The van der Waals surface area contributed by atoms with Gasteiger partial charge in [-0.3, -0.25) is 14.2 Å². The molecule has 3 heteroatoms. The number of hydrogen-bond donors (Lipinski definition) is 0. The minimum atomic E-state index is -0.191. The molecular formula is C18H23NO2. The average molecular weight is 285 g/mol. The molecule has 0 saturated carbocycles. The van der Waals surface area contributed by atoms with Crippen molar-refractivity contribution in [1.82, 2.24) is 4.57 Å². The first-order chi connectivity index (χ1) is 9.95. The number of aromatic nitrogens is 1. The Morgan fingerprint density at radius 3 is 2.52 bits per heavy atom. The molecule has 0 radical (unpaired) electrons. The number of ketones is 1. The van der Waals surface area contributed by atoms with Crippen molar-refractivity contribution in [3.63, 3.8) is 0 Å². The Bertz CT molecular complexity index is 645. The fraction of sp³-hybridized carbons (Fsp3) is 0.333. The number of nitrogens with zero attached hydrogens (tertiary/aromatic N) is 1. The molecule has 1 heterocycles. The molecule has 21 heavy (non-hydrogen) atoms. The fourth-order valence-electron chi connectivity index (χ4n) is 1.81. The van der Waals surface area contributed by atoms with E-state index in [1.165, 1.54) is 17.6 Å². The van der Waals surface area contributed by atoms with E-state index in [1.54, 1.807) is 12.3 Å². The van der Waals surface area contributed by atoms with Crippen molar-refractivity contribution in [2.45, 2.75) is 40.5 Å². The lowest BCUT2D eigenvalue weighted by Crippen LogP contribution is -2.18. The summed E-state index contributed by atoms with van der Waals surface area (Å²) in [4.78, 5) is 23.2. The standard InChI is InChI=1S/C18H23NO2/c1-5-6-7-8-14(2)9-10-15(3)19-12-11-17(16(4)20)13-18(19)21/h7-13H,5-6H2,1-4H3/b8-7+,14-9+,15-10+. The van der Waals surface area contributed by atoms with Gasteiger partial charge in [0.15, 0.2) is 5.78 Å². The van der Waals surface area contributed by atoms with Gasteiger partial charge in [-0.1, -0.05) is 37.1 Å². The normalized spacial score (nSPS) is 13.0. The van der Waals surface area contributed by atoms with Crippen molar-refractivity contribution < 1.29 is 4.79 Å². The second-order valence-corrected chi connectivity index (χ2v) is 5.09. The number of carbonyl (C=O) groups excluding carboxylic acids is 1. The van der Waals surface area contributed by atoms with E-state index >= 15 is 0 Å². The fourth-order valence-corrected chi connectivity index (χ4v) is 1.81. The van der Waals surface area contributed by atoms with Gasteiger partial charge >= 0.3 is 0 Å². The lowest BCUT2D eigenvalue weighted by atomic mass is 10.2. The summed E-state index contributed by atoms with van der Waals surface area (Å²) >= 11 is 0. The molecule has 0 aliphatic heterocycles. The van der Waals surface area contributed by atoms with Crippen molar-refractivity contribution in [3.05, 3.63) is 64.1 Å². The van der Waals surface area contributed by atoms with E-state index in [2.05, 4.69) is 19.1 Å². The predicted octanol–water partition coefficient (Wildman–Crippen LogP) is 4.21. The van der Waals surface area contributed by atoms with Crippen LogP contribution in [0.15, 0.2) is 53.0 Å². The molecule has 0 amide bonds. The first kappa shape index (κ1) is 16.9. The van der Waals surface area contributed by atoms with Gasteiger partial charge in [0.1, 0.15) is 0 Å². The van der Waals surface area contributed by atoms with E-state index in [9.17, 15) is 9.59 Å². The Hall–Kier alpha value is -2.16. The van der Waals surface area contributed by atoms with Gasteiger partial charge in [0.25, 0.3) is 5.56 Å². The molecule has 1 aromatic heterocycles. The summed E-state index contributed by atoms with van der Waals surface area (Å²) in [6.07, 6.45) is 11.9. The number of allylic oxidation sites excluding steroid dienone is 6. The zero-order valence-electron chi connectivity index (χ0n) is 13.2. The molecule has 1 aromatic rings. The molecule has 0 spiro atoms. The zero-order valence-corrected chi connectivity index (χ0v) is 13.2. The molecule has 0 aliphatic rings. The van der Waals surface area contributed by atoms with Crippen LogP contribution in [0, 0.1) is 0 Å². The highest BCUT2D eigenvalue weighted by atomic mass is 16.1. The number of hydrogen-bond acceptors (Lipinski definition) is 2. The lowest BCUT2D eigenvalue weighted by molar-refractivity contribution is 0.101. The van der Waals surface area contributed by atoms with Crippen LogP contribution in [0.2, 0.25) is 0 Å². The maximum Gasteiger partial charge on any atom is 0.255 e. The first-order valence-corrected chi connectivity index (χ1v) is 7.21. The SMILES string of the molecule is CCC/C=C/C(C)=C/C=C(\C)n1ccc(C(C)=O)cc1=O. The summed E-state index contributed by atoms with van der Waals surface area (Å²) in [6, 6.07) is 3.04. The van der Waals surface area contributed by atoms with Crippen LogP contribution in [-0.2, 0) is 0 Å².